The number of rotatable bonds is 4. The Morgan fingerprint density at radius 1 is 1.25 bits per heavy atom. The van der Waals surface area contributed by atoms with Gasteiger partial charge in [-0.15, -0.1) is 0 Å². The summed E-state index contributed by atoms with van der Waals surface area (Å²) in [7, 11) is 0. The molecule has 1 atom stereocenters. The molecule has 0 aliphatic carbocycles. The molecule has 0 saturated heterocycles. The molecule has 3 heteroatoms. The maximum Gasteiger partial charge on any atom is 0.122 e. The van der Waals surface area contributed by atoms with E-state index < -0.39 is 0 Å². The van der Waals surface area contributed by atoms with Crippen LogP contribution in [-0.4, -0.2) is 11.7 Å². The largest absolute Gasteiger partial charge is 0.508 e. The number of benzene rings is 2. The Bertz CT molecular complexity index is 610. The molecule has 0 radical (unpaired) electrons. The van der Waals surface area contributed by atoms with Crippen LogP contribution >= 0.6 is 0 Å². The van der Waals surface area contributed by atoms with Crippen LogP contribution in [0.1, 0.15) is 30.5 Å². The number of hydrogen-bond donors (Lipinski definition) is 2. The molecule has 20 heavy (non-hydrogen) atoms. The minimum atomic E-state index is 0.239. The van der Waals surface area contributed by atoms with E-state index in [1.54, 1.807) is 12.1 Å². The monoisotopic (exact) mass is 269 g/mol. The quantitative estimate of drug-likeness (QED) is 0.884. The molecule has 1 aliphatic rings. The predicted octanol–water partition coefficient (Wildman–Crippen LogP) is 3.89. The summed E-state index contributed by atoms with van der Waals surface area (Å²) in [6.45, 7) is 2.94. The van der Waals surface area contributed by atoms with Gasteiger partial charge in [0, 0.05) is 18.2 Å². The van der Waals surface area contributed by atoms with Crippen LogP contribution in [0.2, 0.25) is 0 Å². The zero-order valence-electron chi connectivity index (χ0n) is 11.6. The minimum Gasteiger partial charge on any atom is -0.508 e. The van der Waals surface area contributed by atoms with E-state index in [-0.39, 0.29) is 11.8 Å². The lowest BCUT2D eigenvalue weighted by molar-refractivity contribution is 0.357. The molecule has 1 unspecified atom stereocenters. The SMILES string of the molecule is CCC(Nc1cccc(O)c1)c1ccc2c(c1)CCO2. The number of anilines is 1. The summed E-state index contributed by atoms with van der Waals surface area (Å²) in [4.78, 5) is 0. The molecular weight excluding hydrogens is 250 g/mol. The highest BCUT2D eigenvalue weighted by atomic mass is 16.5. The average molecular weight is 269 g/mol. The summed E-state index contributed by atoms with van der Waals surface area (Å²) in [5.41, 5.74) is 3.49. The van der Waals surface area contributed by atoms with Gasteiger partial charge in [-0.3, -0.25) is 0 Å². The van der Waals surface area contributed by atoms with Crippen LogP contribution in [0.15, 0.2) is 42.5 Å². The zero-order valence-corrected chi connectivity index (χ0v) is 11.6. The number of hydrogen-bond acceptors (Lipinski definition) is 3. The molecule has 2 aromatic rings. The second-order valence-electron chi connectivity index (χ2n) is 5.12. The first-order valence-corrected chi connectivity index (χ1v) is 7.07. The third-order valence-corrected chi connectivity index (χ3v) is 3.71. The van der Waals surface area contributed by atoms with Crippen molar-refractivity contribution in [1.82, 2.24) is 0 Å². The Hall–Kier alpha value is -2.16. The first-order chi connectivity index (χ1) is 9.76. The lowest BCUT2D eigenvalue weighted by atomic mass is 10.0. The zero-order chi connectivity index (χ0) is 13.9. The van der Waals surface area contributed by atoms with Gasteiger partial charge in [-0.25, -0.2) is 0 Å². The molecule has 104 valence electrons. The molecule has 3 rings (SSSR count). The number of ether oxygens (including phenoxy) is 1. The molecule has 1 heterocycles. The van der Waals surface area contributed by atoms with E-state index in [2.05, 4.69) is 30.4 Å². The standard InChI is InChI=1S/C17H19NO2/c1-2-16(18-14-4-3-5-15(19)11-14)12-6-7-17-13(10-12)8-9-20-17/h3-7,10-11,16,18-19H,2,8-9H2,1H3. The summed E-state index contributed by atoms with van der Waals surface area (Å²) in [5.74, 6) is 1.30. The molecule has 0 saturated carbocycles. The first-order valence-electron chi connectivity index (χ1n) is 7.07. The van der Waals surface area contributed by atoms with Crippen molar-refractivity contribution in [3.8, 4) is 11.5 Å². The lowest BCUT2D eigenvalue weighted by Crippen LogP contribution is -2.09. The van der Waals surface area contributed by atoms with Gasteiger partial charge < -0.3 is 15.2 Å². The highest BCUT2D eigenvalue weighted by molar-refractivity contribution is 5.50. The molecule has 0 aromatic heterocycles. The Morgan fingerprint density at radius 3 is 2.95 bits per heavy atom. The number of phenolic OH excluding ortho intramolecular Hbond substituents is 1. The normalized spacial score (nSPS) is 14.4. The van der Waals surface area contributed by atoms with E-state index in [1.165, 1.54) is 11.1 Å². The van der Waals surface area contributed by atoms with Crippen molar-refractivity contribution < 1.29 is 9.84 Å². The Kier molecular flexibility index (Phi) is 3.50. The fourth-order valence-corrected chi connectivity index (χ4v) is 2.64. The van der Waals surface area contributed by atoms with Crippen molar-refractivity contribution in [2.45, 2.75) is 25.8 Å². The fourth-order valence-electron chi connectivity index (χ4n) is 2.64. The second-order valence-corrected chi connectivity index (χ2v) is 5.12. The molecule has 0 fully saturated rings. The van der Waals surface area contributed by atoms with Gasteiger partial charge in [0.05, 0.1) is 12.6 Å². The van der Waals surface area contributed by atoms with Crippen LogP contribution in [0.25, 0.3) is 0 Å². The molecule has 2 aromatic carbocycles. The van der Waals surface area contributed by atoms with Crippen LogP contribution in [0.5, 0.6) is 11.5 Å². The van der Waals surface area contributed by atoms with E-state index in [4.69, 9.17) is 4.74 Å². The summed E-state index contributed by atoms with van der Waals surface area (Å²) in [6.07, 6.45) is 1.97. The van der Waals surface area contributed by atoms with Gasteiger partial charge in [0.25, 0.3) is 0 Å². The predicted molar refractivity (Wildman–Crippen MR) is 80.4 cm³/mol. The van der Waals surface area contributed by atoms with Crippen molar-refractivity contribution in [3.05, 3.63) is 53.6 Å². The van der Waals surface area contributed by atoms with E-state index in [0.29, 0.717) is 0 Å². The van der Waals surface area contributed by atoms with Crippen molar-refractivity contribution >= 4 is 5.69 Å². The van der Waals surface area contributed by atoms with Crippen molar-refractivity contribution in [2.75, 3.05) is 11.9 Å². The summed E-state index contributed by atoms with van der Waals surface area (Å²) in [5, 5.41) is 13.0. The Balaban J connectivity index is 1.83. The molecule has 3 nitrogen and oxygen atoms in total. The lowest BCUT2D eigenvalue weighted by Gasteiger charge is -2.19. The third kappa shape index (κ3) is 2.57. The van der Waals surface area contributed by atoms with Crippen LogP contribution in [0.3, 0.4) is 0 Å². The Labute approximate surface area is 119 Å². The minimum absolute atomic E-state index is 0.239. The number of fused-ring (bicyclic) bond motifs is 1. The van der Waals surface area contributed by atoms with Gasteiger partial charge >= 0.3 is 0 Å². The molecule has 0 spiro atoms. The Morgan fingerprint density at radius 2 is 2.15 bits per heavy atom. The second kappa shape index (κ2) is 5.45. The van der Waals surface area contributed by atoms with Gasteiger partial charge in [0.1, 0.15) is 11.5 Å². The van der Waals surface area contributed by atoms with Gasteiger partial charge in [-0.05, 0) is 41.8 Å². The van der Waals surface area contributed by atoms with E-state index >= 15 is 0 Å². The summed E-state index contributed by atoms with van der Waals surface area (Å²) in [6, 6.07) is 13.9. The van der Waals surface area contributed by atoms with E-state index in [0.717, 1.165) is 30.9 Å². The number of phenols is 1. The van der Waals surface area contributed by atoms with Crippen molar-refractivity contribution in [3.63, 3.8) is 0 Å². The highest BCUT2D eigenvalue weighted by Gasteiger charge is 2.16. The van der Waals surface area contributed by atoms with Crippen molar-refractivity contribution in [2.24, 2.45) is 0 Å². The van der Waals surface area contributed by atoms with Crippen LogP contribution in [0.4, 0.5) is 5.69 Å². The van der Waals surface area contributed by atoms with E-state index in [9.17, 15) is 5.11 Å². The summed E-state index contributed by atoms with van der Waals surface area (Å²) >= 11 is 0. The van der Waals surface area contributed by atoms with Crippen LogP contribution in [-0.2, 0) is 6.42 Å². The number of nitrogens with one attached hydrogen (secondary N) is 1. The molecule has 0 amide bonds. The molecule has 1 aliphatic heterocycles. The average Bonchev–Trinajstić information content (AvgIpc) is 2.92. The van der Waals surface area contributed by atoms with Gasteiger partial charge in [-0.1, -0.05) is 19.1 Å². The topological polar surface area (TPSA) is 41.5 Å². The van der Waals surface area contributed by atoms with Gasteiger partial charge in [-0.2, -0.15) is 0 Å². The van der Waals surface area contributed by atoms with Crippen LogP contribution in [0, 0.1) is 0 Å². The summed E-state index contributed by atoms with van der Waals surface area (Å²) < 4.78 is 5.55. The fraction of sp³-hybridized carbons (Fsp3) is 0.294. The maximum atomic E-state index is 9.54. The smallest absolute Gasteiger partial charge is 0.122 e. The maximum absolute atomic E-state index is 9.54. The third-order valence-electron chi connectivity index (χ3n) is 3.71. The van der Waals surface area contributed by atoms with Crippen molar-refractivity contribution in [1.29, 1.82) is 0 Å². The number of aromatic hydroxyl groups is 1. The van der Waals surface area contributed by atoms with Gasteiger partial charge in [0.15, 0.2) is 0 Å². The highest BCUT2D eigenvalue weighted by Crippen LogP contribution is 2.31. The van der Waals surface area contributed by atoms with E-state index in [1.807, 2.05) is 12.1 Å². The van der Waals surface area contributed by atoms with Gasteiger partial charge in [0.2, 0.25) is 0 Å². The first kappa shape index (κ1) is 12.9. The molecule has 0 bridgehead atoms. The van der Waals surface area contributed by atoms with Crippen LogP contribution < -0.4 is 10.1 Å². The molecular formula is C17H19NO2. The molecule has 2 N–H and O–H groups in total.